The van der Waals surface area contributed by atoms with Gasteiger partial charge in [0.15, 0.2) is 5.84 Å². The topological polar surface area (TPSA) is 146 Å². The van der Waals surface area contributed by atoms with Crippen LogP contribution in [0.15, 0.2) is 53.7 Å². The Balaban J connectivity index is 2.27. The Morgan fingerprint density at radius 3 is 2.31 bits per heavy atom. The van der Waals surface area contributed by atoms with Crippen LogP contribution in [0.5, 0.6) is 0 Å². The van der Waals surface area contributed by atoms with E-state index in [2.05, 4.69) is 10.5 Å². The zero-order chi connectivity index (χ0) is 21.6. The second-order valence-corrected chi connectivity index (χ2v) is 7.24. The van der Waals surface area contributed by atoms with Gasteiger partial charge in [0.25, 0.3) is 5.91 Å². The number of ether oxygens (including phenoxy) is 1. The third-order valence-electron chi connectivity index (χ3n) is 3.88. The number of benzene rings is 2. The predicted octanol–water partition coefficient (Wildman–Crippen LogP) is 2.52. The van der Waals surface area contributed by atoms with E-state index in [4.69, 9.17) is 20.9 Å². The van der Waals surface area contributed by atoms with E-state index in [-0.39, 0.29) is 5.84 Å². The first-order valence-corrected chi connectivity index (χ1v) is 8.76. The Labute approximate surface area is 168 Å². The maximum atomic E-state index is 12.0. The van der Waals surface area contributed by atoms with Crippen molar-refractivity contribution < 1.29 is 24.7 Å². The number of carbonyl (C=O) groups excluding carboxylic acids is 2. The van der Waals surface area contributed by atoms with E-state index in [1.165, 1.54) is 0 Å². The Morgan fingerprint density at radius 2 is 1.76 bits per heavy atom. The minimum Gasteiger partial charge on any atom is -0.444 e. The number of nitrogens with one attached hydrogen (secondary N) is 2. The van der Waals surface area contributed by atoms with E-state index >= 15 is 0 Å². The van der Waals surface area contributed by atoms with Gasteiger partial charge in [0.05, 0.1) is 0 Å². The lowest BCUT2D eigenvalue weighted by Gasteiger charge is -2.23. The highest BCUT2D eigenvalue weighted by molar-refractivity contribution is 5.98. The summed E-state index contributed by atoms with van der Waals surface area (Å²) in [5.74, 6) is -0.817. The van der Waals surface area contributed by atoms with Crippen molar-refractivity contribution in [3.8, 4) is 11.1 Å². The molecule has 0 fully saturated rings. The first kappa shape index (κ1) is 21.7. The number of oxime groups is 1. The molecule has 0 bridgehead atoms. The molecular weight excluding hydrogens is 376 g/mol. The fourth-order valence-corrected chi connectivity index (χ4v) is 2.57. The number of amides is 2. The van der Waals surface area contributed by atoms with E-state index < -0.39 is 23.6 Å². The van der Waals surface area contributed by atoms with Crippen LogP contribution >= 0.6 is 0 Å². The third-order valence-corrected chi connectivity index (χ3v) is 3.88. The number of amidine groups is 1. The maximum absolute atomic E-state index is 12.0. The normalized spacial score (nSPS) is 12.8. The van der Waals surface area contributed by atoms with Crippen molar-refractivity contribution in [2.75, 3.05) is 0 Å². The molecule has 0 radical (unpaired) electrons. The van der Waals surface area contributed by atoms with E-state index in [9.17, 15) is 9.59 Å². The van der Waals surface area contributed by atoms with E-state index in [0.717, 1.165) is 11.1 Å². The number of nitrogens with zero attached hydrogens (tertiary/aromatic N) is 1. The molecule has 9 nitrogen and oxygen atoms in total. The first-order chi connectivity index (χ1) is 13.6. The standard InChI is InChI=1S/C20H24N4O5/c1-20(2,3)29-19(26)22-16(18(25)24-28)13-9-7-12(8-10-13)14-5-4-6-15(11-14)17(21)23-27/h4-11,16,27-28H,1-3H3,(H2,21,23)(H,22,26)(H,24,25)/t16-/m0/s1. The number of nitrogens with two attached hydrogens (primary N) is 1. The molecule has 0 saturated carbocycles. The van der Waals surface area contributed by atoms with Crippen LogP contribution in [0, 0.1) is 0 Å². The lowest BCUT2D eigenvalue weighted by Crippen LogP contribution is -2.41. The highest BCUT2D eigenvalue weighted by Gasteiger charge is 2.25. The maximum Gasteiger partial charge on any atom is 0.408 e. The zero-order valence-corrected chi connectivity index (χ0v) is 16.3. The van der Waals surface area contributed by atoms with Gasteiger partial charge >= 0.3 is 6.09 Å². The summed E-state index contributed by atoms with van der Waals surface area (Å²) in [5.41, 5.74) is 9.04. The van der Waals surface area contributed by atoms with E-state index in [1.807, 2.05) is 6.07 Å². The Bertz CT molecular complexity index is 904. The number of hydrogen-bond donors (Lipinski definition) is 5. The fraction of sp³-hybridized carbons (Fsp3) is 0.250. The molecule has 0 spiro atoms. The van der Waals surface area contributed by atoms with Crippen molar-refractivity contribution >= 4 is 17.8 Å². The average molecular weight is 400 g/mol. The quantitative estimate of drug-likeness (QED) is 0.171. The summed E-state index contributed by atoms with van der Waals surface area (Å²) < 4.78 is 5.17. The van der Waals surface area contributed by atoms with Crippen molar-refractivity contribution in [1.29, 1.82) is 0 Å². The van der Waals surface area contributed by atoms with Crippen LogP contribution in [0.3, 0.4) is 0 Å². The summed E-state index contributed by atoms with van der Waals surface area (Å²) in [6.45, 7) is 5.10. The number of hydroxylamine groups is 1. The average Bonchev–Trinajstić information content (AvgIpc) is 2.69. The number of hydrogen-bond acceptors (Lipinski definition) is 6. The summed E-state index contributed by atoms with van der Waals surface area (Å²) in [6, 6.07) is 12.7. The second-order valence-electron chi connectivity index (χ2n) is 7.24. The molecule has 2 aromatic rings. The number of alkyl carbamates (subject to hydrolysis) is 1. The largest absolute Gasteiger partial charge is 0.444 e. The van der Waals surface area contributed by atoms with Crippen molar-refractivity contribution in [2.45, 2.75) is 32.4 Å². The van der Waals surface area contributed by atoms with Crippen LogP contribution in [0.2, 0.25) is 0 Å². The lowest BCUT2D eigenvalue weighted by molar-refractivity contribution is -0.131. The van der Waals surface area contributed by atoms with Crippen LogP contribution in [0.25, 0.3) is 11.1 Å². The van der Waals surface area contributed by atoms with Gasteiger partial charge < -0.3 is 21.0 Å². The van der Waals surface area contributed by atoms with Gasteiger partial charge in [0.2, 0.25) is 0 Å². The molecule has 0 aromatic heterocycles. The molecule has 2 rings (SSSR count). The van der Waals surface area contributed by atoms with Crippen LogP contribution in [0.1, 0.15) is 37.9 Å². The van der Waals surface area contributed by atoms with Crippen molar-refractivity contribution in [2.24, 2.45) is 10.9 Å². The minimum absolute atomic E-state index is 0.00953. The SMILES string of the molecule is CC(C)(C)OC(=O)N[C@H](C(=O)NO)c1ccc(-c2cccc(/C(N)=N/O)c2)cc1. The molecule has 6 N–H and O–H groups in total. The Kier molecular flexibility index (Phi) is 6.79. The molecule has 29 heavy (non-hydrogen) atoms. The van der Waals surface area contributed by atoms with Gasteiger partial charge in [-0.3, -0.25) is 10.0 Å². The first-order valence-electron chi connectivity index (χ1n) is 8.76. The van der Waals surface area contributed by atoms with Gasteiger partial charge in [-0.15, -0.1) is 0 Å². The van der Waals surface area contributed by atoms with E-state index in [0.29, 0.717) is 11.1 Å². The monoisotopic (exact) mass is 400 g/mol. The predicted molar refractivity (Wildman–Crippen MR) is 106 cm³/mol. The van der Waals surface area contributed by atoms with E-state index in [1.54, 1.807) is 68.7 Å². The summed E-state index contributed by atoms with van der Waals surface area (Å²) in [7, 11) is 0. The van der Waals surface area contributed by atoms with Crippen LogP contribution < -0.4 is 16.5 Å². The smallest absolute Gasteiger partial charge is 0.408 e. The van der Waals surface area contributed by atoms with Crippen LogP contribution in [-0.4, -0.2) is 33.9 Å². The van der Waals surface area contributed by atoms with Gasteiger partial charge in [-0.05, 0) is 43.5 Å². The fourth-order valence-electron chi connectivity index (χ4n) is 2.57. The summed E-state index contributed by atoms with van der Waals surface area (Å²) in [5, 5.41) is 23.3. The molecular formula is C20H24N4O5. The molecule has 0 unspecified atom stereocenters. The molecule has 154 valence electrons. The third kappa shape index (κ3) is 5.94. The van der Waals surface area contributed by atoms with Gasteiger partial charge in [-0.2, -0.15) is 0 Å². The molecule has 2 amide bonds. The summed E-state index contributed by atoms with van der Waals surface area (Å²) in [6.07, 6.45) is -0.790. The molecule has 0 aliphatic heterocycles. The molecule has 0 aliphatic rings. The van der Waals surface area contributed by atoms with Gasteiger partial charge in [0, 0.05) is 5.56 Å². The number of carbonyl (C=O) groups is 2. The Hall–Kier alpha value is -3.59. The van der Waals surface area contributed by atoms with Crippen molar-refractivity contribution in [1.82, 2.24) is 10.8 Å². The summed E-state index contributed by atoms with van der Waals surface area (Å²) >= 11 is 0. The highest BCUT2D eigenvalue weighted by atomic mass is 16.6. The zero-order valence-electron chi connectivity index (χ0n) is 16.3. The molecule has 9 heteroatoms. The van der Waals surface area contributed by atoms with Crippen LogP contribution in [-0.2, 0) is 9.53 Å². The highest BCUT2D eigenvalue weighted by Crippen LogP contribution is 2.23. The van der Waals surface area contributed by atoms with Gasteiger partial charge in [0.1, 0.15) is 11.6 Å². The van der Waals surface area contributed by atoms with Crippen LogP contribution in [0.4, 0.5) is 4.79 Å². The van der Waals surface area contributed by atoms with Crippen molar-refractivity contribution in [3.63, 3.8) is 0 Å². The second kappa shape index (κ2) is 9.07. The molecule has 0 aliphatic carbocycles. The van der Waals surface area contributed by atoms with Crippen molar-refractivity contribution in [3.05, 3.63) is 59.7 Å². The van der Waals surface area contributed by atoms with Gasteiger partial charge in [-0.1, -0.05) is 47.6 Å². The minimum atomic E-state index is -1.15. The molecule has 0 heterocycles. The number of rotatable bonds is 5. The molecule has 0 saturated heterocycles. The lowest BCUT2D eigenvalue weighted by atomic mass is 9.99. The molecule has 2 aromatic carbocycles. The Morgan fingerprint density at radius 1 is 1.10 bits per heavy atom. The summed E-state index contributed by atoms with van der Waals surface area (Å²) in [4.78, 5) is 24.1. The van der Waals surface area contributed by atoms with Gasteiger partial charge in [-0.25, -0.2) is 10.3 Å². The molecule has 1 atom stereocenters.